The van der Waals surface area contributed by atoms with Gasteiger partial charge in [-0.2, -0.15) is 10.1 Å². The van der Waals surface area contributed by atoms with Crippen molar-refractivity contribution in [1.82, 2.24) is 5.01 Å². The molecule has 6 heteroatoms. The molecule has 1 amide bonds. The predicted octanol–water partition coefficient (Wildman–Crippen LogP) is 3.62. The zero-order valence-electron chi connectivity index (χ0n) is 11.4. The highest BCUT2D eigenvalue weighted by Crippen LogP contribution is 2.20. The summed E-state index contributed by atoms with van der Waals surface area (Å²) in [4.78, 5) is 11.7. The Balaban J connectivity index is 2.28. The third-order valence-corrected chi connectivity index (χ3v) is 3.61. The van der Waals surface area contributed by atoms with Gasteiger partial charge in [-0.05, 0) is 40.4 Å². The monoisotopic (exact) mass is 354 g/mol. The molecule has 1 heterocycles. The van der Waals surface area contributed by atoms with Gasteiger partial charge < -0.3 is 0 Å². The van der Waals surface area contributed by atoms with Crippen LogP contribution in [0.4, 0.5) is 8.78 Å². The van der Waals surface area contributed by atoms with Gasteiger partial charge in [0.25, 0.3) is 5.91 Å². The van der Waals surface area contributed by atoms with E-state index in [0.29, 0.717) is 22.2 Å². The second-order valence-electron chi connectivity index (χ2n) is 4.51. The van der Waals surface area contributed by atoms with Crippen LogP contribution in [0.2, 0.25) is 0 Å². The molecule has 0 aliphatic carbocycles. The fourth-order valence-corrected chi connectivity index (χ4v) is 2.00. The molecule has 0 saturated carbocycles. The first-order valence-corrected chi connectivity index (χ1v) is 7.31. The molecule has 21 heavy (non-hydrogen) atoms. The maximum Gasteiger partial charge on any atom is 0.255 e. The van der Waals surface area contributed by atoms with Crippen molar-refractivity contribution in [2.24, 2.45) is 5.10 Å². The highest BCUT2D eigenvalue weighted by Gasteiger charge is 2.20. The van der Waals surface area contributed by atoms with Crippen LogP contribution in [0.5, 0.6) is 0 Å². The Morgan fingerprint density at radius 2 is 2.24 bits per heavy atom. The first-order valence-electron chi connectivity index (χ1n) is 6.52. The fraction of sp³-hybridized carbons (Fsp3) is 0.333. The minimum atomic E-state index is -1.29. The number of halogens is 3. The Kier molecular flexibility index (Phi) is 5.07. The molecule has 1 aromatic rings. The van der Waals surface area contributed by atoms with Gasteiger partial charge in [0.1, 0.15) is 5.82 Å². The Labute approximate surface area is 130 Å². The van der Waals surface area contributed by atoms with Gasteiger partial charge in [-0.15, -0.1) is 0 Å². The number of benzene rings is 1. The molecule has 1 aromatic carbocycles. The number of carbonyl (C=O) groups excluding carboxylic acids is 1. The third-order valence-electron chi connectivity index (χ3n) is 2.97. The summed E-state index contributed by atoms with van der Waals surface area (Å²) >= 11 is 3.08. The second-order valence-corrected chi connectivity index (χ2v) is 5.37. The van der Waals surface area contributed by atoms with E-state index in [1.807, 2.05) is 0 Å². The van der Waals surface area contributed by atoms with Crippen molar-refractivity contribution in [3.63, 3.8) is 0 Å². The van der Waals surface area contributed by atoms with E-state index in [2.05, 4.69) is 33.0 Å². The van der Waals surface area contributed by atoms with E-state index in [1.165, 1.54) is 6.07 Å². The van der Waals surface area contributed by atoms with Crippen LogP contribution < -0.4 is 0 Å². The van der Waals surface area contributed by atoms with Gasteiger partial charge in [0, 0.05) is 24.4 Å². The lowest BCUT2D eigenvalue weighted by molar-refractivity contribution is -0.128. The van der Waals surface area contributed by atoms with Crippen LogP contribution in [0.3, 0.4) is 0 Å². The van der Waals surface area contributed by atoms with Gasteiger partial charge in [-0.25, -0.2) is 8.78 Å². The van der Waals surface area contributed by atoms with Crippen molar-refractivity contribution in [3.05, 3.63) is 34.1 Å². The number of hydrogen-bond donors (Lipinski definition) is 0. The fourth-order valence-electron chi connectivity index (χ4n) is 1.76. The Morgan fingerprint density at radius 3 is 2.90 bits per heavy atom. The number of hydrazone groups is 1. The van der Waals surface area contributed by atoms with E-state index in [9.17, 15) is 13.6 Å². The van der Waals surface area contributed by atoms with Crippen LogP contribution in [-0.2, 0) is 4.79 Å². The standard InChI is InChI=1S/C15H13BrF2N2O/c1-2-11(17)7-8-20-15(21)6-5-14(19-20)10-3-4-12(16)13(18)9-10/h3-4,9,11H,2,5-6H2,1H3. The molecule has 0 bridgehead atoms. The molecule has 1 aliphatic heterocycles. The molecule has 3 nitrogen and oxygen atoms in total. The minimum Gasteiger partial charge on any atom is -0.272 e. The van der Waals surface area contributed by atoms with Crippen LogP contribution in [-0.4, -0.2) is 22.8 Å². The quantitative estimate of drug-likeness (QED) is 0.746. The number of nitrogens with zero attached hydrogens (tertiary/aromatic N) is 2. The van der Waals surface area contributed by atoms with Crippen molar-refractivity contribution in [2.75, 3.05) is 0 Å². The molecule has 0 fully saturated rings. The summed E-state index contributed by atoms with van der Waals surface area (Å²) in [6.07, 6.45) is -0.411. The van der Waals surface area contributed by atoms with Crippen LogP contribution in [0.25, 0.3) is 0 Å². The topological polar surface area (TPSA) is 32.7 Å². The van der Waals surface area contributed by atoms with Crippen LogP contribution in [0.15, 0.2) is 27.8 Å². The lowest BCUT2D eigenvalue weighted by Crippen LogP contribution is -2.28. The average Bonchev–Trinajstić information content (AvgIpc) is 2.49. The van der Waals surface area contributed by atoms with E-state index in [1.54, 1.807) is 19.1 Å². The zero-order valence-corrected chi connectivity index (χ0v) is 13.0. The molecule has 110 valence electrons. The first kappa shape index (κ1) is 15.6. The molecule has 1 unspecified atom stereocenters. The van der Waals surface area contributed by atoms with Crippen molar-refractivity contribution in [1.29, 1.82) is 0 Å². The second kappa shape index (κ2) is 6.81. The van der Waals surface area contributed by atoms with Crippen molar-refractivity contribution < 1.29 is 13.6 Å². The summed E-state index contributed by atoms with van der Waals surface area (Å²) in [5.74, 6) is 1.64. The lowest BCUT2D eigenvalue weighted by atomic mass is 10.0. The SMILES string of the molecule is CCC(F)C#CN1N=C(c2ccc(Br)c(F)c2)CCC1=O. The van der Waals surface area contributed by atoms with Crippen molar-refractivity contribution in [2.45, 2.75) is 32.4 Å². The molecular formula is C15H13BrF2N2O. The molecule has 0 saturated heterocycles. The number of amides is 1. The number of alkyl halides is 1. The largest absolute Gasteiger partial charge is 0.272 e. The molecule has 0 N–H and O–H groups in total. The third kappa shape index (κ3) is 3.88. The van der Waals surface area contributed by atoms with E-state index < -0.39 is 12.0 Å². The highest BCUT2D eigenvalue weighted by molar-refractivity contribution is 9.10. The highest BCUT2D eigenvalue weighted by atomic mass is 79.9. The smallest absolute Gasteiger partial charge is 0.255 e. The predicted molar refractivity (Wildman–Crippen MR) is 79.7 cm³/mol. The van der Waals surface area contributed by atoms with E-state index in [4.69, 9.17) is 0 Å². The average molecular weight is 355 g/mol. The molecule has 1 atom stereocenters. The van der Waals surface area contributed by atoms with E-state index in [-0.39, 0.29) is 18.7 Å². The maximum absolute atomic E-state index is 13.5. The zero-order chi connectivity index (χ0) is 15.4. The van der Waals surface area contributed by atoms with Gasteiger partial charge in [-0.1, -0.05) is 13.0 Å². The van der Waals surface area contributed by atoms with E-state index >= 15 is 0 Å². The maximum atomic E-state index is 13.5. The van der Waals surface area contributed by atoms with Gasteiger partial charge in [-0.3, -0.25) is 4.79 Å². The molecule has 2 rings (SSSR count). The number of rotatable bonds is 2. The van der Waals surface area contributed by atoms with Gasteiger partial charge in [0.15, 0.2) is 6.17 Å². The Morgan fingerprint density at radius 1 is 1.48 bits per heavy atom. The van der Waals surface area contributed by atoms with Gasteiger partial charge in [0.05, 0.1) is 10.2 Å². The molecule has 0 radical (unpaired) electrons. The van der Waals surface area contributed by atoms with Crippen LogP contribution in [0.1, 0.15) is 31.7 Å². The number of carbonyl (C=O) groups is 1. The van der Waals surface area contributed by atoms with Crippen molar-refractivity contribution >= 4 is 27.5 Å². The summed E-state index contributed by atoms with van der Waals surface area (Å²) in [5.41, 5.74) is 1.14. The first-order chi connectivity index (χ1) is 10.0. The summed E-state index contributed by atoms with van der Waals surface area (Å²) in [5, 5.41) is 5.03. The Hall–Kier alpha value is -1.74. The van der Waals surface area contributed by atoms with Gasteiger partial charge in [0.2, 0.25) is 0 Å². The molecular weight excluding hydrogens is 342 g/mol. The van der Waals surface area contributed by atoms with Crippen LogP contribution >= 0.6 is 15.9 Å². The van der Waals surface area contributed by atoms with Gasteiger partial charge >= 0.3 is 0 Å². The number of hydrogen-bond acceptors (Lipinski definition) is 2. The summed E-state index contributed by atoms with van der Waals surface area (Å²) in [6, 6.07) is 7.04. The summed E-state index contributed by atoms with van der Waals surface area (Å²) < 4.78 is 27.0. The normalized spacial score (nSPS) is 16.1. The minimum absolute atomic E-state index is 0.217. The summed E-state index contributed by atoms with van der Waals surface area (Å²) in [6.45, 7) is 1.66. The lowest BCUT2D eigenvalue weighted by Gasteiger charge is -2.18. The molecule has 0 aromatic heterocycles. The van der Waals surface area contributed by atoms with E-state index in [0.717, 1.165) is 5.01 Å². The van der Waals surface area contributed by atoms with Crippen molar-refractivity contribution in [3.8, 4) is 12.0 Å². The molecule has 1 aliphatic rings. The van der Waals surface area contributed by atoms with Crippen LogP contribution in [0, 0.1) is 17.8 Å². The summed E-state index contributed by atoms with van der Waals surface area (Å²) in [7, 11) is 0. The molecule has 0 spiro atoms. The Bertz CT molecular complexity index is 649.